The predicted octanol–water partition coefficient (Wildman–Crippen LogP) is -1.26. The summed E-state index contributed by atoms with van der Waals surface area (Å²) in [6.07, 6.45) is 1.80. The first kappa shape index (κ1) is 7.52. The van der Waals surface area contributed by atoms with Crippen molar-refractivity contribution < 1.29 is 4.79 Å². The number of carbonyl (C=O) groups is 1. The van der Waals surface area contributed by atoms with Gasteiger partial charge in [-0.25, -0.2) is 4.68 Å². The average molecular weight is 155 g/mol. The molecule has 0 radical (unpaired) electrons. The molecule has 11 heavy (non-hydrogen) atoms. The molecule has 6 heteroatoms. The van der Waals surface area contributed by atoms with Gasteiger partial charge in [-0.1, -0.05) is 5.21 Å². The summed E-state index contributed by atoms with van der Waals surface area (Å²) in [6, 6.07) is 0. The molecule has 1 aromatic heterocycles. The van der Waals surface area contributed by atoms with Crippen molar-refractivity contribution >= 4 is 11.7 Å². The van der Waals surface area contributed by atoms with Gasteiger partial charge in [0, 0.05) is 6.42 Å². The average Bonchev–Trinajstić information content (AvgIpc) is 2.31. The van der Waals surface area contributed by atoms with Gasteiger partial charge in [-0.3, -0.25) is 4.79 Å². The van der Waals surface area contributed by atoms with Crippen molar-refractivity contribution in [1.29, 1.82) is 0 Å². The van der Waals surface area contributed by atoms with Crippen LogP contribution in [0, 0.1) is 0 Å². The lowest BCUT2D eigenvalue weighted by molar-refractivity contribution is -0.118. The molecule has 0 fully saturated rings. The molecule has 0 atom stereocenters. The summed E-state index contributed by atoms with van der Waals surface area (Å²) in [6.45, 7) is 0.430. The van der Waals surface area contributed by atoms with E-state index in [0.29, 0.717) is 12.4 Å². The van der Waals surface area contributed by atoms with E-state index in [1.807, 2.05) is 0 Å². The molecule has 0 bridgehead atoms. The SMILES string of the molecule is NC(=O)CCn1cc(N)nn1. The zero-order valence-corrected chi connectivity index (χ0v) is 5.90. The van der Waals surface area contributed by atoms with Gasteiger partial charge in [-0.2, -0.15) is 0 Å². The van der Waals surface area contributed by atoms with Crippen molar-refractivity contribution in [2.24, 2.45) is 5.73 Å². The van der Waals surface area contributed by atoms with Gasteiger partial charge in [0.15, 0.2) is 5.82 Å². The summed E-state index contributed by atoms with van der Waals surface area (Å²) in [5.74, 6) is -0.0199. The van der Waals surface area contributed by atoms with Crippen molar-refractivity contribution in [3.8, 4) is 0 Å². The van der Waals surface area contributed by atoms with Crippen LogP contribution >= 0.6 is 0 Å². The van der Waals surface area contributed by atoms with Gasteiger partial charge in [0.2, 0.25) is 5.91 Å². The summed E-state index contributed by atoms with van der Waals surface area (Å²) in [4.78, 5) is 10.3. The number of aryl methyl sites for hydroxylation is 1. The van der Waals surface area contributed by atoms with E-state index in [2.05, 4.69) is 10.3 Å². The fraction of sp³-hybridized carbons (Fsp3) is 0.400. The fourth-order valence-electron chi connectivity index (χ4n) is 0.647. The molecule has 0 aliphatic heterocycles. The van der Waals surface area contributed by atoms with Gasteiger partial charge >= 0.3 is 0 Å². The second-order valence-electron chi connectivity index (χ2n) is 2.12. The number of nitrogens with two attached hydrogens (primary N) is 2. The van der Waals surface area contributed by atoms with Crippen molar-refractivity contribution in [3.05, 3.63) is 6.20 Å². The quantitative estimate of drug-likeness (QED) is 0.568. The molecule has 60 valence electrons. The zero-order valence-electron chi connectivity index (χ0n) is 5.90. The molecule has 0 aliphatic rings. The number of hydrogen-bond donors (Lipinski definition) is 2. The second-order valence-corrected chi connectivity index (χ2v) is 2.12. The van der Waals surface area contributed by atoms with Crippen LogP contribution in [-0.4, -0.2) is 20.9 Å². The highest BCUT2D eigenvalue weighted by Crippen LogP contribution is 1.93. The number of amides is 1. The number of nitrogen functional groups attached to an aromatic ring is 1. The van der Waals surface area contributed by atoms with E-state index in [9.17, 15) is 4.79 Å². The Hall–Kier alpha value is -1.59. The van der Waals surface area contributed by atoms with E-state index in [1.54, 1.807) is 6.20 Å². The van der Waals surface area contributed by atoms with Crippen molar-refractivity contribution in [3.63, 3.8) is 0 Å². The minimum absolute atomic E-state index is 0.253. The van der Waals surface area contributed by atoms with E-state index < -0.39 is 0 Å². The number of aromatic nitrogens is 3. The number of rotatable bonds is 3. The number of nitrogens with zero attached hydrogens (tertiary/aromatic N) is 3. The Balaban J connectivity index is 2.45. The number of carbonyl (C=O) groups excluding carboxylic acids is 1. The van der Waals surface area contributed by atoms with Crippen LogP contribution in [0.15, 0.2) is 6.20 Å². The largest absolute Gasteiger partial charge is 0.381 e. The Bertz CT molecular complexity index is 255. The van der Waals surface area contributed by atoms with E-state index >= 15 is 0 Å². The molecular weight excluding hydrogens is 146 g/mol. The van der Waals surface area contributed by atoms with E-state index in [-0.39, 0.29) is 12.3 Å². The molecule has 0 saturated heterocycles. The molecule has 0 unspecified atom stereocenters. The van der Waals surface area contributed by atoms with Crippen molar-refractivity contribution in [2.75, 3.05) is 5.73 Å². The minimum atomic E-state index is -0.362. The summed E-state index contributed by atoms with van der Waals surface area (Å²) >= 11 is 0. The van der Waals surface area contributed by atoms with Gasteiger partial charge in [0.05, 0.1) is 12.7 Å². The highest BCUT2D eigenvalue weighted by atomic mass is 16.1. The van der Waals surface area contributed by atoms with Gasteiger partial charge in [-0.05, 0) is 0 Å². The molecule has 0 saturated carbocycles. The van der Waals surface area contributed by atoms with Crippen molar-refractivity contribution in [1.82, 2.24) is 15.0 Å². The van der Waals surface area contributed by atoms with Gasteiger partial charge in [-0.15, -0.1) is 5.10 Å². The van der Waals surface area contributed by atoms with E-state index in [4.69, 9.17) is 11.5 Å². The highest BCUT2D eigenvalue weighted by Gasteiger charge is 1.97. The molecule has 6 nitrogen and oxygen atoms in total. The number of primary amides is 1. The Morgan fingerprint density at radius 1 is 1.73 bits per heavy atom. The molecule has 0 aromatic carbocycles. The first-order valence-electron chi connectivity index (χ1n) is 3.12. The molecule has 0 aliphatic carbocycles. The summed E-state index contributed by atoms with van der Waals surface area (Å²) in [7, 11) is 0. The predicted molar refractivity (Wildman–Crippen MR) is 38.2 cm³/mol. The van der Waals surface area contributed by atoms with Crippen LogP contribution in [0.1, 0.15) is 6.42 Å². The molecule has 1 rings (SSSR count). The summed E-state index contributed by atoms with van der Waals surface area (Å²) in [5.41, 5.74) is 10.2. The first-order valence-corrected chi connectivity index (χ1v) is 3.12. The Labute approximate surface area is 63.2 Å². The number of anilines is 1. The van der Waals surface area contributed by atoms with Crippen molar-refractivity contribution in [2.45, 2.75) is 13.0 Å². The third kappa shape index (κ3) is 2.24. The van der Waals surface area contributed by atoms with Gasteiger partial charge < -0.3 is 11.5 Å². The first-order chi connectivity index (χ1) is 5.18. The zero-order chi connectivity index (χ0) is 8.27. The molecule has 0 spiro atoms. The van der Waals surface area contributed by atoms with Gasteiger partial charge in [0.25, 0.3) is 0 Å². The topological polar surface area (TPSA) is 99.8 Å². The van der Waals surface area contributed by atoms with Gasteiger partial charge in [0.1, 0.15) is 0 Å². The maximum atomic E-state index is 10.3. The lowest BCUT2D eigenvalue weighted by Gasteiger charge is -1.94. The van der Waals surface area contributed by atoms with Crippen LogP contribution in [0.3, 0.4) is 0 Å². The van der Waals surface area contributed by atoms with Crippen LogP contribution < -0.4 is 11.5 Å². The van der Waals surface area contributed by atoms with Crippen LogP contribution in [-0.2, 0) is 11.3 Å². The molecule has 1 aromatic rings. The summed E-state index contributed by atoms with van der Waals surface area (Å²) < 4.78 is 1.47. The molecule has 4 N–H and O–H groups in total. The fourth-order valence-corrected chi connectivity index (χ4v) is 0.647. The summed E-state index contributed by atoms with van der Waals surface area (Å²) in [5, 5.41) is 7.15. The van der Waals surface area contributed by atoms with Crippen LogP contribution in [0.4, 0.5) is 5.82 Å². The molecule has 1 amide bonds. The monoisotopic (exact) mass is 155 g/mol. The molecular formula is C5H9N5O. The van der Waals surface area contributed by atoms with E-state index in [1.165, 1.54) is 4.68 Å². The minimum Gasteiger partial charge on any atom is -0.381 e. The van der Waals surface area contributed by atoms with Crippen LogP contribution in [0.5, 0.6) is 0 Å². The second kappa shape index (κ2) is 3.00. The lowest BCUT2D eigenvalue weighted by Crippen LogP contribution is -2.14. The Morgan fingerprint density at radius 2 is 2.45 bits per heavy atom. The standard InChI is InChI=1S/C5H9N5O/c6-4-3-10(9-8-4)2-1-5(7)11/h3H,1-2,6H2,(H2,7,11). The lowest BCUT2D eigenvalue weighted by atomic mass is 10.4. The smallest absolute Gasteiger partial charge is 0.219 e. The maximum Gasteiger partial charge on any atom is 0.219 e. The Kier molecular flexibility index (Phi) is 2.05. The number of hydrogen-bond acceptors (Lipinski definition) is 4. The normalized spacial score (nSPS) is 9.82. The van der Waals surface area contributed by atoms with Crippen LogP contribution in [0.2, 0.25) is 0 Å². The maximum absolute atomic E-state index is 10.3. The van der Waals surface area contributed by atoms with Crippen LogP contribution in [0.25, 0.3) is 0 Å². The molecule has 1 heterocycles. The highest BCUT2D eigenvalue weighted by molar-refractivity contribution is 5.73. The third-order valence-electron chi connectivity index (χ3n) is 1.14. The van der Waals surface area contributed by atoms with E-state index in [0.717, 1.165) is 0 Å². The Morgan fingerprint density at radius 3 is 2.91 bits per heavy atom. The third-order valence-corrected chi connectivity index (χ3v) is 1.14.